The van der Waals surface area contributed by atoms with Crippen molar-refractivity contribution in [2.24, 2.45) is 0 Å². The van der Waals surface area contributed by atoms with E-state index in [1.807, 2.05) is 6.92 Å². The molecule has 190 valence electrons. The summed E-state index contributed by atoms with van der Waals surface area (Å²) in [6, 6.07) is 1.64. The van der Waals surface area contributed by atoms with Crippen LogP contribution in [0.4, 0.5) is 32.0 Å². The molecule has 0 spiro atoms. The average molecular weight is 502 g/mol. The summed E-state index contributed by atoms with van der Waals surface area (Å²) in [4.78, 5) is 14.5. The van der Waals surface area contributed by atoms with E-state index in [-0.39, 0.29) is 37.6 Å². The SMILES string of the molecule is CCc1nn(-c2cc(N3CCC(F)(F)CC3)cc(C(F)(F)F)c2F)c(=O)n1Cc1cnn(CC)c1. The molecule has 35 heavy (non-hydrogen) atoms. The minimum atomic E-state index is -5.07. The first-order chi connectivity index (χ1) is 16.4. The topological polar surface area (TPSA) is 60.9 Å². The highest BCUT2D eigenvalue weighted by atomic mass is 19.4. The lowest BCUT2D eigenvalue weighted by Crippen LogP contribution is -2.39. The number of rotatable bonds is 6. The Morgan fingerprint density at radius 2 is 1.80 bits per heavy atom. The molecule has 2 aromatic heterocycles. The molecule has 4 rings (SSSR count). The molecule has 0 atom stereocenters. The Balaban J connectivity index is 1.81. The smallest absolute Gasteiger partial charge is 0.371 e. The van der Waals surface area contributed by atoms with E-state index in [4.69, 9.17) is 0 Å². The predicted molar refractivity (Wildman–Crippen MR) is 116 cm³/mol. The van der Waals surface area contributed by atoms with Gasteiger partial charge < -0.3 is 4.90 Å². The fourth-order valence-electron chi connectivity index (χ4n) is 4.09. The molecule has 1 saturated heterocycles. The minimum Gasteiger partial charge on any atom is -0.371 e. The molecule has 3 aromatic rings. The molecule has 0 radical (unpaired) electrons. The molecule has 3 heterocycles. The van der Waals surface area contributed by atoms with Gasteiger partial charge in [0.05, 0.1) is 18.3 Å². The third-order valence-electron chi connectivity index (χ3n) is 6.04. The van der Waals surface area contributed by atoms with Crippen molar-refractivity contribution in [2.45, 2.75) is 58.3 Å². The minimum absolute atomic E-state index is 0.0522. The molecule has 0 bridgehead atoms. The van der Waals surface area contributed by atoms with Crippen LogP contribution in [0.2, 0.25) is 0 Å². The number of hydrogen-bond acceptors (Lipinski definition) is 4. The average Bonchev–Trinajstić information content (AvgIpc) is 3.38. The van der Waals surface area contributed by atoms with Crippen LogP contribution in [0.1, 0.15) is 43.6 Å². The number of hydrogen-bond donors (Lipinski definition) is 0. The Kier molecular flexibility index (Phi) is 6.45. The zero-order valence-corrected chi connectivity index (χ0v) is 19.1. The van der Waals surface area contributed by atoms with Crippen LogP contribution in [-0.2, 0) is 25.7 Å². The second-order valence-electron chi connectivity index (χ2n) is 8.42. The van der Waals surface area contributed by atoms with E-state index in [1.54, 1.807) is 24.0 Å². The van der Waals surface area contributed by atoms with Gasteiger partial charge in [-0.05, 0) is 19.1 Å². The standard InChI is InChI=1S/C22H24F6N6O/c1-3-18-30-34(20(35)33(18)13-14-11-29-32(4-2)12-14)17-10-15(9-16(19(17)23)22(26,27)28)31-7-5-21(24,25)6-8-31/h9-12H,3-8,13H2,1-2H3. The third kappa shape index (κ3) is 4.94. The monoisotopic (exact) mass is 502 g/mol. The summed E-state index contributed by atoms with van der Waals surface area (Å²) in [6.07, 6.45) is -2.61. The van der Waals surface area contributed by atoms with Gasteiger partial charge in [0.25, 0.3) is 5.92 Å². The number of alkyl halides is 5. The third-order valence-corrected chi connectivity index (χ3v) is 6.04. The summed E-state index contributed by atoms with van der Waals surface area (Å²) in [6.45, 7) is 3.84. The molecule has 13 heteroatoms. The second kappa shape index (κ2) is 9.08. The van der Waals surface area contributed by atoms with Crippen molar-refractivity contribution in [3.05, 3.63) is 57.8 Å². The van der Waals surface area contributed by atoms with Gasteiger partial charge >= 0.3 is 11.9 Å². The molecule has 0 aliphatic carbocycles. The van der Waals surface area contributed by atoms with Crippen LogP contribution >= 0.6 is 0 Å². The fraction of sp³-hybridized carbons (Fsp3) is 0.500. The van der Waals surface area contributed by atoms with Gasteiger partial charge in [-0.3, -0.25) is 9.25 Å². The lowest BCUT2D eigenvalue weighted by atomic mass is 10.0. The lowest BCUT2D eigenvalue weighted by molar-refractivity contribution is -0.140. The Labute approximate surface area is 196 Å². The van der Waals surface area contributed by atoms with Crippen LogP contribution in [-0.4, -0.2) is 43.1 Å². The van der Waals surface area contributed by atoms with Crippen molar-refractivity contribution in [1.29, 1.82) is 0 Å². The van der Waals surface area contributed by atoms with E-state index < -0.39 is 47.7 Å². The van der Waals surface area contributed by atoms with Crippen LogP contribution < -0.4 is 10.6 Å². The molecule has 1 fully saturated rings. The zero-order valence-electron chi connectivity index (χ0n) is 19.1. The number of benzene rings is 1. The van der Waals surface area contributed by atoms with E-state index in [0.717, 1.165) is 6.07 Å². The predicted octanol–water partition coefficient (Wildman–Crippen LogP) is 4.25. The van der Waals surface area contributed by atoms with Gasteiger partial charge in [0.2, 0.25) is 0 Å². The molecule has 7 nitrogen and oxygen atoms in total. The van der Waals surface area contributed by atoms with Crippen molar-refractivity contribution in [3.63, 3.8) is 0 Å². The first-order valence-electron chi connectivity index (χ1n) is 11.2. The maximum absolute atomic E-state index is 15.1. The van der Waals surface area contributed by atoms with Crippen LogP contribution in [0.3, 0.4) is 0 Å². The van der Waals surface area contributed by atoms with E-state index in [2.05, 4.69) is 10.2 Å². The molecule has 0 amide bonds. The van der Waals surface area contributed by atoms with Gasteiger partial charge in [-0.25, -0.2) is 18.0 Å². The van der Waals surface area contributed by atoms with Gasteiger partial charge in [0.1, 0.15) is 11.5 Å². The maximum Gasteiger partial charge on any atom is 0.419 e. The quantitative estimate of drug-likeness (QED) is 0.473. The lowest BCUT2D eigenvalue weighted by Gasteiger charge is -2.34. The normalized spacial score (nSPS) is 16.2. The Bertz CT molecular complexity index is 1260. The van der Waals surface area contributed by atoms with Crippen molar-refractivity contribution in [2.75, 3.05) is 18.0 Å². The van der Waals surface area contributed by atoms with Crippen molar-refractivity contribution in [3.8, 4) is 5.69 Å². The van der Waals surface area contributed by atoms with Crippen LogP contribution in [0.15, 0.2) is 29.3 Å². The second-order valence-corrected chi connectivity index (χ2v) is 8.42. The number of piperidine rings is 1. The molecule has 0 saturated carbocycles. The van der Waals surface area contributed by atoms with Gasteiger partial charge in [-0.15, -0.1) is 5.10 Å². The summed E-state index contributed by atoms with van der Waals surface area (Å²) >= 11 is 0. The highest BCUT2D eigenvalue weighted by molar-refractivity contribution is 5.57. The number of anilines is 1. The van der Waals surface area contributed by atoms with Crippen molar-refractivity contribution in [1.82, 2.24) is 24.1 Å². The Morgan fingerprint density at radius 3 is 2.37 bits per heavy atom. The van der Waals surface area contributed by atoms with E-state index in [1.165, 1.54) is 9.47 Å². The molecule has 0 unspecified atom stereocenters. The van der Waals surface area contributed by atoms with Crippen LogP contribution in [0, 0.1) is 5.82 Å². The van der Waals surface area contributed by atoms with Gasteiger partial charge in [0, 0.05) is 56.3 Å². The Morgan fingerprint density at radius 1 is 1.11 bits per heavy atom. The van der Waals surface area contributed by atoms with E-state index in [9.17, 15) is 26.7 Å². The summed E-state index contributed by atoms with van der Waals surface area (Å²) in [7, 11) is 0. The summed E-state index contributed by atoms with van der Waals surface area (Å²) in [5, 5.41) is 8.25. The molecule has 1 aliphatic rings. The fourth-order valence-corrected chi connectivity index (χ4v) is 4.09. The molecular formula is C22H24F6N6O. The van der Waals surface area contributed by atoms with Crippen LogP contribution in [0.25, 0.3) is 5.69 Å². The number of halogens is 6. The highest BCUT2D eigenvalue weighted by Crippen LogP contribution is 2.38. The summed E-state index contributed by atoms with van der Waals surface area (Å²) in [5.74, 6) is -4.32. The summed E-state index contributed by atoms with van der Waals surface area (Å²) in [5.41, 5.74) is -2.53. The van der Waals surface area contributed by atoms with Crippen LogP contribution in [0.5, 0.6) is 0 Å². The van der Waals surface area contributed by atoms with Crippen molar-refractivity contribution < 1.29 is 26.3 Å². The first-order valence-corrected chi connectivity index (χ1v) is 11.2. The van der Waals surface area contributed by atoms with Crippen molar-refractivity contribution >= 4 is 5.69 Å². The number of nitrogens with zero attached hydrogens (tertiary/aromatic N) is 6. The molecule has 1 aliphatic heterocycles. The van der Waals surface area contributed by atoms with Gasteiger partial charge in [-0.2, -0.15) is 23.0 Å². The zero-order chi connectivity index (χ0) is 25.5. The molecule has 1 aromatic carbocycles. The van der Waals surface area contributed by atoms with Gasteiger partial charge in [0.15, 0.2) is 5.82 Å². The first kappa shape index (κ1) is 24.9. The van der Waals surface area contributed by atoms with E-state index >= 15 is 4.39 Å². The largest absolute Gasteiger partial charge is 0.419 e. The number of aryl methyl sites for hydroxylation is 2. The molecule has 0 N–H and O–H groups in total. The molecular weight excluding hydrogens is 478 g/mol. The summed E-state index contributed by atoms with van der Waals surface area (Å²) < 4.78 is 86.9. The number of aromatic nitrogens is 5. The Hall–Kier alpha value is -3.25. The maximum atomic E-state index is 15.1. The van der Waals surface area contributed by atoms with Gasteiger partial charge in [-0.1, -0.05) is 6.92 Å². The van der Waals surface area contributed by atoms with E-state index in [0.29, 0.717) is 22.9 Å². The highest BCUT2D eigenvalue weighted by Gasteiger charge is 2.39.